The molecule has 5 rings (SSSR count). The van der Waals surface area contributed by atoms with E-state index in [1.165, 1.54) is 0 Å². The van der Waals surface area contributed by atoms with Gasteiger partial charge in [0.1, 0.15) is 0 Å². The first-order valence-electron chi connectivity index (χ1n) is 7.66. The smallest absolute Gasteiger partial charge is 0.0659 e. The van der Waals surface area contributed by atoms with Crippen LogP contribution in [0.2, 0.25) is 0 Å². The van der Waals surface area contributed by atoms with Crippen LogP contribution < -0.4 is 0 Å². The number of fused-ring (bicyclic) bond motifs is 4. The van der Waals surface area contributed by atoms with E-state index >= 15 is 0 Å². The summed E-state index contributed by atoms with van der Waals surface area (Å²) in [7, 11) is 0. The average Bonchev–Trinajstić information content (AvgIpc) is 3.32. The molecule has 0 aromatic carbocycles. The van der Waals surface area contributed by atoms with Gasteiger partial charge in [-0.2, -0.15) is 6.08 Å². The van der Waals surface area contributed by atoms with Gasteiger partial charge in [-0.15, -0.1) is 12.2 Å². The van der Waals surface area contributed by atoms with E-state index in [9.17, 15) is 0 Å². The molecule has 0 aromatic rings. The molecule has 0 aromatic heterocycles. The minimum absolute atomic E-state index is 0. The topological polar surface area (TPSA) is 49.4 Å². The Labute approximate surface area is 155 Å². The molecule has 0 atom stereocenters. The minimum Gasteiger partial charge on any atom is -0.339 e. The zero-order valence-corrected chi connectivity index (χ0v) is 14.1. The summed E-state index contributed by atoms with van der Waals surface area (Å²) in [6.07, 6.45) is 24.7. The van der Waals surface area contributed by atoms with E-state index < -0.39 is 0 Å². The van der Waals surface area contributed by atoms with Gasteiger partial charge in [0, 0.05) is 22.8 Å². The number of aliphatic imine (C=N–C) groups is 4. The Morgan fingerprint density at radius 3 is 1.56 bits per heavy atom. The molecule has 5 heteroatoms. The van der Waals surface area contributed by atoms with Crippen LogP contribution in [0.1, 0.15) is 0 Å². The molecular weight excluding hydrogens is 352 g/mol. The van der Waals surface area contributed by atoms with E-state index in [2.05, 4.69) is 26.0 Å². The van der Waals surface area contributed by atoms with Gasteiger partial charge in [-0.1, -0.05) is 11.8 Å². The molecular formula is C20H11FeN4-. The fourth-order valence-electron chi connectivity index (χ4n) is 2.76. The van der Waals surface area contributed by atoms with Crippen LogP contribution >= 0.6 is 0 Å². The quantitative estimate of drug-likeness (QED) is 0.468. The Bertz CT molecular complexity index is 848. The first-order chi connectivity index (χ1) is 11.8. The summed E-state index contributed by atoms with van der Waals surface area (Å²) >= 11 is 0. The number of hydrogen-bond acceptors (Lipinski definition) is 4. The third kappa shape index (κ3) is 3.20. The van der Waals surface area contributed by atoms with Crippen LogP contribution in [0.3, 0.4) is 0 Å². The molecule has 0 aliphatic carbocycles. The van der Waals surface area contributed by atoms with Crippen molar-refractivity contribution in [2.75, 3.05) is 0 Å². The van der Waals surface area contributed by atoms with Crippen molar-refractivity contribution in [3.05, 3.63) is 95.7 Å². The predicted molar refractivity (Wildman–Crippen MR) is 97.3 cm³/mol. The summed E-state index contributed by atoms with van der Waals surface area (Å²) < 4.78 is 0. The van der Waals surface area contributed by atoms with Crippen LogP contribution in [0.25, 0.3) is 0 Å². The molecule has 120 valence electrons. The molecule has 0 saturated heterocycles. The first-order valence-corrected chi connectivity index (χ1v) is 7.66. The van der Waals surface area contributed by atoms with Gasteiger partial charge >= 0.3 is 0 Å². The van der Waals surface area contributed by atoms with Crippen molar-refractivity contribution in [3.8, 4) is 0 Å². The molecule has 0 saturated carbocycles. The van der Waals surface area contributed by atoms with Crippen molar-refractivity contribution in [1.82, 2.24) is 0 Å². The number of rotatable bonds is 0. The van der Waals surface area contributed by atoms with Crippen LogP contribution in [-0.2, 0) is 17.1 Å². The maximum Gasteiger partial charge on any atom is 0.0659 e. The molecule has 4 nitrogen and oxygen atoms in total. The van der Waals surface area contributed by atoms with E-state index in [0.29, 0.717) is 0 Å². The van der Waals surface area contributed by atoms with Gasteiger partial charge in [0.05, 0.1) is 28.5 Å². The SMILES string of the molecule is [C-]1=CC2=NC1=CC1=NC(=CC3=NC(=CC4=NC(=C2)C=C4)C=C3)C=C1.[Fe]. The number of nitrogens with zero attached hydrogens (tertiary/aromatic N) is 4. The summed E-state index contributed by atoms with van der Waals surface area (Å²) in [4.78, 5) is 18.3. The maximum atomic E-state index is 4.59. The van der Waals surface area contributed by atoms with E-state index in [4.69, 9.17) is 0 Å². The van der Waals surface area contributed by atoms with Gasteiger partial charge in [0.25, 0.3) is 0 Å². The van der Waals surface area contributed by atoms with Crippen LogP contribution in [0.15, 0.2) is 110 Å². The van der Waals surface area contributed by atoms with Crippen LogP contribution in [0.4, 0.5) is 0 Å². The molecule has 25 heavy (non-hydrogen) atoms. The second-order valence-electron chi connectivity index (χ2n) is 5.67. The molecule has 0 fully saturated rings. The van der Waals surface area contributed by atoms with Crippen LogP contribution in [-0.4, -0.2) is 22.8 Å². The Kier molecular flexibility index (Phi) is 3.88. The molecule has 0 amide bonds. The second kappa shape index (κ2) is 6.20. The fraction of sp³-hybridized carbons (Fsp3) is 0. The summed E-state index contributed by atoms with van der Waals surface area (Å²) in [6.45, 7) is 0. The summed E-state index contributed by atoms with van der Waals surface area (Å²) in [6, 6.07) is 0. The summed E-state index contributed by atoms with van der Waals surface area (Å²) in [5.74, 6) is 0. The minimum atomic E-state index is 0. The van der Waals surface area contributed by atoms with Crippen LogP contribution in [0.5, 0.6) is 0 Å². The first kappa shape index (κ1) is 15.6. The van der Waals surface area contributed by atoms with Gasteiger partial charge in [-0.05, 0) is 54.3 Å². The molecule has 5 aliphatic heterocycles. The third-order valence-corrected chi connectivity index (χ3v) is 3.84. The summed E-state index contributed by atoms with van der Waals surface area (Å²) in [5.41, 5.74) is 6.88. The zero-order valence-electron chi connectivity index (χ0n) is 13.0. The Balaban J connectivity index is 0.00000157. The second-order valence-corrected chi connectivity index (χ2v) is 5.67. The predicted octanol–water partition coefficient (Wildman–Crippen LogP) is 3.38. The van der Waals surface area contributed by atoms with Crippen molar-refractivity contribution < 1.29 is 17.1 Å². The monoisotopic (exact) mass is 363 g/mol. The molecule has 8 bridgehead atoms. The van der Waals surface area contributed by atoms with Gasteiger partial charge < -0.3 is 4.99 Å². The fourth-order valence-corrected chi connectivity index (χ4v) is 2.76. The summed E-state index contributed by atoms with van der Waals surface area (Å²) in [5, 5.41) is 0. The Morgan fingerprint density at radius 1 is 0.520 bits per heavy atom. The normalized spacial score (nSPS) is 21.8. The van der Waals surface area contributed by atoms with Gasteiger partial charge in [0.15, 0.2) is 0 Å². The van der Waals surface area contributed by atoms with E-state index in [0.717, 1.165) is 45.6 Å². The van der Waals surface area contributed by atoms with E-state index in [1.54, 1.807) is 0 Å². The van der Waals surface area contributed by atoms with E-state index in [1.807, 2.05) is 66.8 Å². The van der Waals surface area contributed by atoms with Crippen molar-refractivity contribution in [1.29, 1.82) is 0 Å². The standard InChI is InChI=1S/C20H11N4.Fe/c1-2-14-10-16-5-6-18(23-16)12-20-8-7-19(24-20)11-17-4-3-15(22-17)9-13(1)21-14;/h1-7,9-12H;/q-1;. The van der Waals surface area contributed by atoms with Gasteiger partial charge in [-0.3, -0.25) is 9.98 Å². The molecule has 0 N–H and O–H groups in total. The zero-order chi connectivity index (χ0) is 15.9. The average molecular weight is 363 g/mol. The molecule has 5 heterocycles. The molecule has 0 radical (unpaired) electrons. The van der Waals surface area contributed by atoms with Crippen LogP contribution in [0, 0.1) is 6.08 Å². The maximum absolute atomic E-state index is 4.59. The Hall–Kier alpha value is -2.88. The largest absolute Gasteiger partial charge is 0.339 e. The van der Waals surface area contributed by atoms with E-state index in [-0.39, 0.29) is 17.1 Å². The number of allylic oxidation sites excluding steroid dienone is 12. The Morgan fingerprint density at radius 2 is 1.00 bits per heavy atom. The van der Waals surface area contributed by atoms with Crippen molar-refractivity contribution in [3.63, 3.8) is 0 Å². The van der Waals surface area contributed by atoms with Crippen molar-refractivity contribution in [2.24, 2.45) is 20.0 Å². The van der Waals surface area contributed by atoms with Gasteiger partial charge in [0.2, 0.25) is 0 Å². The molecule has 5 aliphatic rings. The van der Waals surface area contributed by atoms with Gasteiger partial charge in [-0.25, -0.2) is 4.99 Å². The van der Waals surface area contributed by atoms with Crippen molar-refractivity contribution >= 4 is 22.8 Å². The third-order valence-electron chi connectivity index (χ3n) is 3.84. The molecule has 0 spiro atoms. The van der Waals surface area contributed by atoms with Crippen molar-refractivity contribution in [2.45, 2.75) is 0 Å². The molecule has 0 unspecified atom stereocenters. The number of hydrogen-bond donors (Lipinski definition) is 0.